The van der Waals surface area contributed by atoms with Gasteiger partial charge >= 0.3 is 0 Å². The zero-order valence-electron chi connectivity index (χ0n) is 11.5. The molecule has 0 radical (unpaired) electrons. The lowest BCUT2D eigenvalue weighted by atomic mass is 9.94. The number of aromatic nitrogens is 2. The summed E-state index contributed by atoms with van der Waals surface area (Å²) in [5, 5.41) is 3.07. The molecule has 1 aliphatic rings. The molecule has 1 aliphatic heterocycles. The minimum Gasteiger partial charge on any atom is -0.358 e. The van der Waals surface area contributed by atoms with Crippen molar-refractivity contribution in [3.63, 3.8) is 0 Å². The Morgan fingerprint density at radius 2 is 2.00 bits per heavy atom. The summed E-state index contributed by atoms with van der Waals surface area (Å²) >= 11 is 0. The Morgan fingerprint density at radius 1 is 1.30 bits per heavy atom. The average Bonchev–Trinajstić information content (AvgIpc) is 2.84. The molecule has 1 atom stereocenters. The molecule has 0 aromatic carbocycles. The zero-order chi connectivity index (χ0) is 13.4. The topological polar surface area (TPSA) is 57.8 Å². The number of fused-ring (bicyclic) bond motifs is 1. The van der Waals surface area contributed by atoms with Gasteiger partial charge in [-0.25, -0.2) is 0 Å². The summed E-state index contributed by atoms with van der Waals surface area (Å²) in [5.74, 6) is 0.460. The number of H-pyrrole nitrogens is 1. The SMILES string of the molecule is CC(C)[C@H]1Cc2[nH]c(-c3ccncc3)cc2C(=O)N1.Cl. The van der Waals surface area contributed by atoms with Crippen LogP contribution in [-0.4, -0.2) is 21.9 Å². The second-order valence-electron chi connectivity index (χ2n) is 5.34. The lowest BCUT2D eigenvalue weighted by Gasteiger charge is -2.26. The third-order valence-electron chi connectivity index (χ3n) is 3.68. The summed E-state index contributed by atoms with van der Waals surface area (Å²) in [5.41, 5.74) is 3.84. The number of aromatic amines is 1. The number of hydrogen-bond acceptors (Lipinski definition) is 2. The number of amides is 1. The molecule has 0 saturated heterocycles. The molecule has 0 spiro atoms. The smallest absolute Gasteiger partial charge is 0.253 e. The second-order valence-corrected chi connectivity index (χ2v) is 5.34. The Labute approximate surface area is 124 Å². The number of carbonyl (C=O) groups is 1. The van der Waals surface area contributed by atoms with Gasteiger partial charge in [-0.1, -0.05) is 13.8 Å². The number of pyridine rings is 1. The highest BCUT2D eigenvalue weighted by molar-refractivity contribution is 5.98. The molecule has 0 saturated carbocycles. The predicted molar refractivity (Wildman–Crippen MR) is 81.1 cm³/mol. The normalized spacial score (nSPS) is 17.4. The predicted octanol–water partition coefficient (Wildman–Crippen LogP) is 2.81. The van der Waals surface area contributed by atoms with Crippen LogP contribution in [0.1, 0.15) is 29.9 Å². The van der Waals surface area contributed by atoms with Crippen molar-refractivity contribution < 1.29 is 4.79 Å². The van der Waals surface area contributed by atoms with E-state index in [-0.39, 0.29) is 24.4 Å². The van der Waals surface area contributed by atoms with E-state index >= 15 is 0 Å². The summed E-state index contributed by atoms with van der Waals surface area (Å²) in [7, 11) is 0. The van der Waals surface area contributed by atoms with Gasteiger partial charge in [0, 0.05) is 41.8 Å². The van der Waals surface area contributed by atoms with Gasteiger partial charge in [-0.05, 0) is 24.1 Å². The van der Waals surface area contributed by atoms with Crippen LogP contribution < -0.4 is 5.32 Å². The van der Waals surface area contributed by atoms with Crippen molar-refractivity contribution in [1.29, 1.82) is 0 Å². The maximum atomic E-state index is 12.1. The maximum absolute atomic E-state index is 12.1. The fourth-order valence-electron chi connectivity index (χ4n) is 2.47. The molecule has 0 fully saturated rings. The molecule has 5 heteroatoms. The van der Waals surface area contributed by atoms with Gasteiger partial charge < -0.3 is 10.3 Å². The molecule has 3 rings (SSSR count). The molecule has 0 bridgehead atoms. The fraction of sp³-hybridized carbons (Fsp3) is 0.333. The molecule has 0 aliphatic carbocycles. The van der Waals surface area contributed by atoms with Gasteiger partial charge in [-0.2, -0.15) is 0 Å². The van der Waals surface area contributed by atoms with Crippen LogP contribution in [0.3, 0.4) is 0 Å². The standard InChI is InChI=1S/C15H17N3O.ClH/c1-9(2)12-8-14-11(15(19)18-12)7-13(17-14)10-3-5-16-6-4-10;/h3-7,9,12,17H,8H2,1-2H3,(H,18,19);1H/t12-;/m1./s1. The van der Waals surface area contributed by atoms with Gasteiger partial charge in [-0.3, -0.25) is 9.78 Å². The van der Waals surface area contributed by atoms with Crippen molar-refractivity contribution in [2.24, 2.45) is 5.92 Å². The third kappa shape index (κ3) is 2.56. The van der Waals surface area contributed by atoms with Crippen molar-refractivity contribution in [3.05, 3.63) is 41.9 Å². The van der Waals surface area contributed by atoms with Crippen LogP contribution in [0.25, 0.3) is 11.3 Å². The van der Waals surface area contributed by atoms with E-state index in [1.807, 2.05) is 18.2 Å². The monoisotopic (exact) mass is 291 g/mol. The Kier molecular flexibility index (Phi) is 4.14. The van der Waals surface area contributed by atoms with Crippen LogP contribution in [0.4, 0.5) is 0 Å². The molecule has 20 heavy (non-hydrogen) atoms. The number of halogens is 1. The van der Waals surface area contributed by atoms with E-state index < -0.39 is 0 Å². The minimum absolute atomic E-state index is 0. The Hall–Kier alpha value is -1.81. The van der Waals surface area contributed by atoms with E-state index in [9.17, 15) is 4.79 Å². The van der Waals surface area contributed by atoms with Gasteiger partial charge in [0.1, 0.15) is 0 Å². The van der Waals surface area contributed by atoms with Gasteiger partial charge in [0.05, 0.1) is 5.56 Å². The summed E-state index contributed by atoms with van der Waals surface area (Å²) in [6.45, 7) is 4.26. The van der Waals surface area contributed by atoms with E-state index in [4.69, 9.17) is 0 Å². The first-order valence-electron chi connectivity index (χ1n) is 6.58. The maximum Gasteiger partial charge on any atom is 0.253 e. The van der Waals surface area contributed by atoms with Crippen LogP contribution in [0.5, 0.6) is 0 Å². The van der Waals surface area contributed by atoms with Crippen molar-refractivity contribution in [1.82, 2.24) is 15.3 Å². The molecule has 3 heterocycles. The number of nitrogens with one attached hydrogen (secondary N) is 2. The Bertz CT molecular complexity index is 607. The number of hydrogen-bond donors (Lipinski definition) is 2. The molecule has 106 valence electrons. The second kappa shape index (κ2) is 5.67. The molecule has 2 aromatic rings. The lowest BCUT2D eigenvalue weighted by Crippen LogP contribution is -2.44. The Balaban J connectivity index is 0.00000147. The van der Waals surface area contributed by atoms with Crippen molar-refractivity contribution in [2.45, 2.75) is 26.3 Å². The van der Waals surface area contributed by atoms with E-state index in [0.717, 1.165) is 28.9 Å². The largest absolute Gasteiger partial charge is 0.358 e. The van der Waals surface area contributed by atoms with Crippen LogP contribution in [0.15, 0.2) is 30.6 Å². The van der Waals surface area contributed by atoms with Crippen molar-refractivity contribution in [3.8, 4) is 11.3 Å². The molecular weight excluding hydrogens is 274 g/mol. The average molecular weight is 292 g/mol. The van der Waals surface area contributed by atoms with E-state index in [1.54, 1.807) is 12.4 Å². The number of rotatable bonds is 2. The summed E-state index contributed by atoms with van der Waals surface area (Å²) in [6.07, 6.45) is 4.38. The molecule has 4 nitrogen and oxygen atoms in total. The van der Waals surface area contributed by atoms with E-state index in [0.29, 0.717) is 5.92 Å². The van der Waals surface area contributed by atoms with E-state index in [2.05, 4.69) is 29.1 Å². The first kappa shape index (κ1) is 14.6. The van der Waals surface area contributed by atoms with Gasteiger partial charge in [0.15, 0.2) is 0 Å². The van der Waals surface area contributed by atoms with Crippen molar-refractivity contribution >= 4 is 18.3 Å². The molecular formula is C15H18ClN3O. The van der Waals surface area contributed by atoms with Gasteiger partial charge in [-0.15, -0.1) is 12.4 Å². The van der Waals surface area contributed by atoms with Crippen LogP contribution in [0.2, 0.25) is 0 Å². The highest BCUT2D eigenvalue weighted by Gasteiger charge is 2.28. The van der Waals surface area contributed by atoms with Crippen LogP contribution in [0, 0.1) is 5.92 Å². The zero-order valence-corrected chi connectivity index (χ0v) is 12.3. The number of nitrogens with zero attached hydrogens (tertiary/aromatic N) is 1. The highest BCUT2D eigenvalue weighted by Crippen LogP contribution is 2.26. The quantitative estimate of drug-likeness (QED) is 0.894. The number of carbonyl (C=O) groups excluding carboxylic acids is 1. The molecule has 1 amide bonds. The summed E-state index contributed by atoms with van der Waals surface area (Å²) in [4.78, 5) is 19.5. The van der Waals surface area contributed by atoms with Crippen LogP contribution in [-0.2, 0) is 6.42 Å². The lowest BCUT2D eigenvalue weighted by molar-refractivity contribution is 0.0912. The third-order valence-corrected chi connectivity index (χ3v) is 3.68. The van der Waals surface area contributed by atoms with E-state index in [1.165, 1.54) is 0 Å². The molecule has 2 aromatic heterocycles. The molecule has 0 unspecified atom stereocenters. The van der Waals surface area contributed by atoms with Crippen molar-refractivity contribution in [2.75, 3.05) is 0 Å². The minimum atomic E-state index is 0. The van der Waals surface area contributed by atoms with Crippen LogP contribution >= 0.6 is 12.4 Å². The fourth-order valence-corrected chi connectivity index (χ4v) is 2.47. The highest BCUT2D eigenvalue weighted by atomic mass is 35.5. The van der Waals surface area contributed by atoms with Gasteiger partial charge in [0.2, 0.25) is 0 Å². The first-order valence-corrected chi connectivity index (χ1v) is 6.58. The summed E-state index contributed by atoms with van der Waals surface area (Å²) in [6, 6.07) is 6.02. The van der Waals surface area contributed by atoms with Gasteiger partial charge in [0.25, 0.3) is 5.91 Å². The summed E-state index contributed by atoms with van der Waals surface area (Å²) < 4.78 is 0. The Morgan fingerprint density at radius 3 is 2.65 bits per heavy atom. The first-order chi connectivity index (χ1) is 9.15. The molecule has 2 N–H and O–H groups in total.